The Kier molecular flexibility index (Phi) is 4.47. The topological polar surface area (TPSA) is 92.8 Å². The van der Waals surface area contributed by atoms with Gasteiger partial charge in [-0.3, -0.25) is 4.79 Å². The van der Waals surface area contributed by atoms with Crippen LogP contribution in [0.25, 0.3) is 15.3 Å². The Morgan fingerprint density at radius 2 is 2.14 bits per heavy atom. The number of methoxy groups -OCH3 is 1. The summed E-state index contributed by atoms with van der Waals surface area (Å²) in [5.74, 6) is -0.108. The van der Waals surface area contributed by atoms with Crippen LogP contribution in [-0.4, -0.2) is 27.8 Å². The number of thiazole rings is 1. The van der Waals surface area contributed by atoms with Gasteiger partial charge in [-0.25, -0.2) is 14.1 Å². The number of ether oxygens (including phenoxy) is 1. The number of nitrogens with one attached hydrogen (secondary N) is 1. The van der Waals surface area contributed by atoms with Crippen molar-refractivity contribution in [3.05, 3.63) is 65.6 Å². The van der Waals surface area contributed by atoms with E-state index in [2.05, 4.69) is 15.4 Å². The van der Waals surface area contributed by atoms with Crippen LogP contribution in [-0.2, 0) is 0 Å². The van der Waals surface area contributed by atoms with Crippen molar-refractivity contribution in [3.63, 3.8) is 0 Å². The van der Waals surface area contributed by atoms with E-state index in [-0.39, 0.29) is 11.1 Å². The van der Waals surface area contributed by atoms with Gasteiger partial charge in [-0.1, -0.05) is 11.3 Å². The lowest BCUT2D eigenvalue weighted by molar-refractivity contribution is 0.102. The predicted octanol–water partition coefficient (Wildman–Crippen LogP) is 3.75. The molecule has 0 radical (unpaired) electrons. The molecular weight excluding hydrogens is 381 g/mol. The standard InChI is InChI=1S/C19H12FN5O2S/c1-27-13-3-5-15-16(9-13)28-19(22-15)25-7-6-17(24-25)23-18(26)11-2-4-14(20)12(8-11)10-21/h2-9H,1H3,(H,23,24,26). The lowest BCUT2D eigenvalue weighted by atomic mass is 10.1. The second-order valence-corrected chi connectivity index (χ2v) is 6.75. The maximum absolute atomic E-state index is 13.4. The average Bonchev–Trinajstić information content (AvgIpc) is 3.34. The Morgan fingerprint density at radius 1 is 1.29 bits per heavy atom. The van der Waals surface area contributed by atoms with Crippen LogP contribution in [0.1, 0.15) is 15.9 Å². The Bertz CT molecular complexity index is 1240. The molecule has 2 heterocycles. The van der Waals surface area contributed by atoms with Crippen molar-refractivity contribution in [1.82, 2.24) is 14.8 Å². The molecule has 0 fully saturated rings. The minimum Gasteiger partial charge on any atom is -0.497 e. The van der Waals surface area contributed by atoms with Gasteiger partial charge >= 0.3 is 0 Å². The number of amides is 1. The first-order valence-electron chi connectivity index (χ1n) is 8.09. The Hall–Kier alpha value is -3.77. The summed E-state index contributed by atoms with van der Waals surface area (Å²) in [5, 5.41) is 16.5. The highest BCUT2D eigenvalue weighted by molar-refractivity contribution is 7.20. The summed E-state index contributed by atoms with van der Waals surface area (Å²) in [6.07, 6.45) is 1.68. The van der Waals surface area contributed by atoms with Crippen LogP contribution in [0.4, 0.5) is 10.2 Å². The first-order valence-corrected chi connectivity index (χ1v) is 8.90. The quantitative estimate of drug-likeness (QED) is 0.570. The lowest BCUT2D eigenvalue weighted by Gasteiger charge is -2.03. The van der Waals surface area contributed by atoms with Crippen molar-refractivity contribution in [3.8, 4) is 17.0 Å². The molecule has 2 aromatic carbocycles. The lowest BCUT2D eigenvalue weighted by Crippen LogP contribution is -2.13. The molecule has 2 aromatic heterocycles. The summed E-state index contributed by atoms with van der Waals surface area (Å²) in [6.45, 7) is 0. The molecule has 0 saturated heterocycles. The Balaban J connectivity index is 1.56. The van der Waals surface area contributed by atoms with Crippen LogP contribution in [0, 0.1) is 17.1 Å². The number of fused-ring (bicyclic) bond motifs is 1. The van der Waals surface area contributed by atoms with Gasteiger partial charge in [0.15, 0.2) is 5.82 Å². The minimum absolute atomic E-state index is 0.166. The number of nitriles is 1. The molecule has 0 atom stereocenters. The van der Waals surface area contributed by atoms with Gasteiger partial charge in [0.05, 0.1) is 22.9 Å². The fourth-order valence-electron chi connectivity index (χ4n) is 2.56. The second kappa shape index (κ2) is 7.09. The molecule has 0 bridgehead atoms. The number of anilines is 1. The van der Waals surface area contributed by atoms with Crippen molar-refractivity contribution in [2.45, 2.75) is 0 Å². The van der Waals surface area contributed by atoms with Crippen LogP contribution in [0.2, 0.25) is 0 Å². The maximum Gasteiger partial charge on any atom is 0.256 e. The second-order valence-electron chi connectivity index (χ2n) is 5.74. The monoisotopic (exact) mass is 393 g/mol. The highest BCUT2D eigenvalue weighted by Gasteiger charge is 2.13. The summed E-state index contributed by atoms with van der Waals surface area (Å²) in [4.78, 5) is 16.8. The van der Waals surface area contributed by atoms with Crippen LogP contribution in [0.15, 0.2) is 48.7 Å². The number of hydrogen-bond acceptors (Lipinski definition) is 6. The van der Waals surface area contributed by atoms with Gasteiger partial charge in [0, 0.05) is 17.8 Å². The minimum atomic E-state index is -0.671. The number of nitrogens with zero attached hydrogens (tertiary/aromatic N) is 4. The predicted molar refractivity (Wildman–Crippen MR) is 102 cm³/mol. The molecule has 28 heavy (non-hydrogen) atoms. The number of carbonyl (C=O) groups excluding carboxylic acids is 1. The number of rotatable bonds is 4. The van der Waals surface area contributed by atoms with Crippen LogP contribution >= 0.6 is 11.3 Å². The highest BCUT2D eigenvalue weighted by atomic mass is 32.1. The molecule has 0 aliphatic rings. The van der Waals surface area contributed by atoms with Crippen LogP contribution in [0.5, 0.6) is 5.75 Å². The normalized spacial score (nSPS) is 10.6. The molecule has 0 unspecified atom stereocenters. The smallest absolute Gasteiger partial charge is 0.256 e. The van der Waals surface area contributed by atoms with Crippen molar-refractivity contribution < 1.29 is 13.9 Å². The molecule has 0 aliphatic heterocycles. The number of carbonyl (C=O) groups is 1. The van der Waals surface area contributed by atoms with Gasteiger partial charge in [-0.05, 0) is 36.4 Å². The molecule has 7 nitrogen and oxygen atoms in total. The molecule has 1 N–H and O–H groups in total. The summed E-state index contributed by atoms with van der Waals surface area (Å²) in [5.41, 5.74) is 0.792. The summed E-state index contributed by atoms with van der Waals surface area (Å²) >= 11 is 1.43. The molecule has 0 aliphatic carbocycles. The zero-order chi connectivity index (χ0) is 19.7. The Labute approximate surface area is 162 Å². The van der Waals surface area contributed by atoms with E-state index in [0.29, 0.717) is 10.9 Å². The fourth-order valence-corrected chi connectivity index (χ4v) is 3.48. The summed E-state index contributed by atoms with van der Waals surface area (Å²) in [6, 6.07) is 12.5. The van der Waals surface area contributed by atoms with E-state index in [1.165, 1.54) is 23.5 Å². The van der Waals surface area contributed by atoms with E-state index in [1.54, 1.807) is 30.1 Å². The first kappa shape index (κ1) is 17.6. The first-order chi connectivity index (χ1) is 13.6. The van der Waals surface area contributed by atoms with Gasteiger partial charge in [0.2, 0.25) is 5.13 Å². The third kappa shape index (κ3) is 3.28. The van der Waals surface area contributed by atoms with E-state index in [0.717, 1.165) is 22.0 Å². The van der Waals surface area contributed by atoms with Crippen LogP contribution in [0.3, 0.4) is 0 Å². The SMILES string of the molecule is COc1ccc2nc(-n3ccc(NC(=O)c4ccc(F)c(C#N)c4)n3)sc2c1. The molecule has 1 amide bonds. The van der Waals surface area contributed by atoms with E-state index >= 15 is 0 Å². The van der Waals surface area contributed by atoms with E-state index in [1.807, 2.05) is 18.2 Å². The summed E-state index contributed by atoms with van der Waals surface area (Å²) in [7, 11) is 1.60. The van der Waals surface area contributed by atoms with E-state index < -0.39 is 11.7 Å². The van der Waals surface area contributed by atoms with Crippen molar-refractivity contribution in [2.24, 2.45) is 0 Å². The zero-order valence-corrected chi connectivity index (χ0v) is 15.3. The third-order valence-electron chi connectivity index (χ3n) is 3.96. The third-order valence-corrected chi connectivity index (χ3v) is 4.97. The molecule has 138 valence electrons. The molecule has 0 saturated carbocycles. The zero-order valence-electron chi connectivity index (χ0n) is 14.5. The van der Waals surface area contributed by atoms with Gasteiger partial charge in [0.25, 0.3) is 5.91 Å². The average molecular weight is 393 g/mol. The van der Waals surface area contributed by atoms with Gasteiger partial charge in [-0.15, -0.1) is 5.10 Å². The van der Waals surface area contributed by atoms with Gasteiger partial charge in [-0.2, -0.15) is 5.26 Å². The van der Waals surface area contributed by atoms with Crippen molar-refractivity contribution >= 4 is 33.3 Å². The number of halogens is 1. The largest absolute Gasteiger partial charge is 0.497 e. The van der Waals surface area contributed by atoms with E-state index in [4.69, 9.17) is 10.00 Å². The molecule has 9 heteroatoms. The van der Waals surface area contributed by atoms with Crippen molar-refractivity contribution in [2.75, 3.05) is 12.4 Å². The Morgan fingerprint density at radius 3 is 2.93 bits per heavy atom. The number of aromatic nitrogens is 3. The van der Waals surface area contributed by atoms with Crippen LogP contribution < -0.4 is 10.1 Å². The van der Waals surface area contributed by atoms with Crippen molar-refractivity contribution in [1.29, 1.82) is 5.26 Å². The molecular formula is C19H12FN5O2S. The maximum atomic E-state index is 13.4. The fraction of sp³-hybridized carbons (Fsp3) is 0.0526. The van der Waals surface area contributed by atoms with Gasteiger partial charge < -0.3 is 10.1 Å². The van der Waals surface area contributed by atoms with Gasteiger partial charge in [0.1, 0.15) is 17.6 Å². The highest BCUT2D eigenvalue weighted by Crippen LogP contribution is 2.28. The summed E-state index contributed by atoms with van der Waals surface area (Å²) < 4.78 is 21.1. The number of benzene rings is 2. The molecule has 4 aromatic rings. The van der Waals surface area contributed by atoms with E-state index in [9.17, 15) is 9.18 Å². The molecule has 4 rings (SSSR count). The number of hydrogen-bond donors (Lipinski definition) is 1. The molecule has 0 spiro atoms.